The SMILES string of the molecule is C[C@H](NC(=O)c1cn(-c2ccc(-c3nc(C4CC4)no3)cn2)cn1)c1ccccc1. The number of nitrogens with one attached hydrogen (secondary N) is 1. The first-order valence-electron chi connectivity index (χ1n) is 9.87. The highest BCUT2D eigenvalue weighted by molar-refractivity contribution is 5.92. The molecule has 4 aromatic rings. The van der Waals surface area contributed by atoms with Crippen LogP contribution in [-0.4, -0.2) is 30.6 Å². The Bertz CT molecular complexity index is 1160. The summed E-state index contributed by atoms with van der Waals surface area (Å²) < 4.78 is 7.04. The largest absolute Gasteiger partial charge is 0.344 e. The third-order valence-electron chi connectivity index (χ3n) is 5.11. The average molecular weight is 400 g/mol. The molecule has 0 unspecified atom stereocenters. The zero-order valence-electron chi connectivity index (χ0n) is 16.4. The molecule has 1 saturated carbocycles. The summed E-state index contributed by atoms with van der Waals surface area (Å²) in [4.78, 5) is 25.6. The Hall–Kier alpha value is -3.81. The molecule has 1 aliphatic carbocycles. The van der Waals surface area contributed by atoms with Crippen LogP contribution in [0.4, 0.5) is 0 Å². The number of pyridine rings is 1. The molecule has 0 radical (unpaired) electrons. The number of aromatic nitrogens is 5. The smallest absolute Gasteiger partial charge is 0.271 e. The van der Waals surface area contributed by atoms with Crippen LogP contribution in [0.3, 0.4) is 0 Å². The van der Waals surface area contributed by atoms with Crippen LogP contribution in [0, 0.1) is 0 Å². The molecule has 1 fully saturated rings. The summed E-state index contributed by atoms with van der Waals surface area (Å²) in [6.07, 6.45) is 7.15. The number of amides is 1. The van der Waals surface area contributed by atoms with Gasteiger partial charge in [-0.1, -0.05) is 35.5 Å². The minimum absolute atomic E-state index is 0.115. The fourth-order valence-corrected chi connectivity index (χ4v) is 3.19. The normalized spacial score (nSPS) is 14.4. The number of benzene rings is 1. The third kappa shape index (κ3) is 3.71. The summed E-state index contributed by atoms with van der Waals surface area (Å²) >= 11 is 0. The van der Waals surface area contributed by atoms with E-state index in [1.165, 1.54) is 0 Å². The van der Waals surface area contributed by atoms with Crippen molar-refractivity contribution >= 4 is 5.91 Å². The third-order valence-corrected chi connectivity index (χ3v) is 5.11. The summed E-state index contributed by atoms with van der Waals surface area (Å²) in [6, 6.07) is 13.4. The first kappa shape index (κ1) is 18.2. The number of carbonyl (C=O) groups is 1. The highest BCUT2D eigenvalue weighted by Gasteiger charge is 2.29. The number of hydrogen-bond acceptors (Lipinski definition) is 6. The van der Waals surface area contributed by atoms with E-state index in [4.69, 9.17) is 4.52 Å². The number of hydrogen-bond donors (Lipinski definition) is 1. The predicted molar refractivity (Wildman–Crippen MR) is 109 cm³/mol. The molecule has 30 heavy (non-hydrogen) atoms. The molecular weight excluding hydrogens is 380 g/mol. The zero-order valence-corrected chi connectivity index (χ0v) is 16.4. The molecule has 5 rings (SSSR count). The van der Waals surface area contributed by atoms with Gasteiger partial charge in [-0.25, -0.2) is 9.97 Å². The lowest BCUT2D eigenvalue weighted by Crippen LogP contribution is -2.26. The maximum atomic E-state index is 12.5. The molecular formula is C22H20N6O2. The molecule has 1 atom stereocenters. The molecule has 3 aromatic heterocycles. The van der Waals surface area contributed by atoms with Crippen molar-refractivity contribution in [3.8, 4) is 17.3 Å². The second-order valence-corrected chi connectivity index (χ2v) is 7.41. The lowest BCUT2D eigenvalue weighted by Gasteiger charge is -2.13. The monoisotopic (exact) mass is 400 g/mol. The standard InChI is InChI=1S/C22H20N6O2/c1-14(15-5-3-2-4-6-15)25-21(29)18-12-28(13-24-18)19-10-9-17(11-23-19)22-26-20(27-30-22)16-7-8-16/h2-6,9-14,16H,7-8H2,1H3,(H,25,29)/t14-/m0/s1. The van der Waals surface area contributed by atoms with Crippen molar-refractivity contribution in [2.75, 3.05) is 0 Å². The van der Waals surface area contributed by atoms with Crippen LogP contribution in [-0.2, 0) is 0 Å². The summed E-state index contributed by atoms with van der Waals surface area (Å²) in [6.45, 7) is 1.94. The van der Waals surface area contributed by atoms with Crippen LogP contribution >= 0.6 is 0 Å². The van der Waals surface area contributed by atoms with Gasteiger partial charge >= 0.3 is 0 Å². The Morgan fingerprint density at radius 1 is 1.17 bits per heavy atom. The van der Waals surface area contributed by atoms with E-state index in [0.717, 1.165) is 29.8 Å². The van der Waals surface area contributed by atoms with Crippen LogP contribution in [0.15, 0.2) is 65.7 Å². The van der Waals surface area contributed by atoms with E-state index >= 15 is 0 Å². The van der Waals surface area contributed by atoms with E-state index in [1.54, 1.807) is 23.3 Å². The molecule has 0 spiro atoms. The van der Waals surface area contributed by atoms with Gasteiger partial charge in [-0.2, -0.15) is 4.98 Å². The maximum absolute atomic E-state index is 12.5. The minimum atomic E-state index is -0.236. The van der Waals surface area contributed by atoms with E-state index in [1.807, 2.05) is 49.4 Å². The minimum Gasteiger partial charge on any atom is -0.344 e. The van der Waals surface area contributed by atoms with Crippen molar-refractivity contribution in [1.29, 1.82) is 0 Å². The van der Waals surface area contributed by atoms with Gasteiger partial charge < -0.3 is 9.84 Å². The van der Waals surface area contributed by atoms with E-state index in [9.17, 15) is 4.79 Å². The lowest BCUT2D eigenvalue weighted by atomic mass is 10.1. The molecule has 1 aromatic carbocycles. The van der Waals surface area contributed by atoms with Crippen molar-refractivity contribution < 1.29 is 9.32 Å². The van der Waals surface area contributed by atoms with Crippen molar-refractivity contribution in [3.05, 3.63) is 78.3 Å². The predicted octanol–water partition coefficient (Wildman–Crippen LogP) is 3.69. The molecule has 0 saturated heterocycles. The van der Waals surface area contributed by atoms with Gasteiger partial charge in [-0.05, 0) is 37.5 Å². The van der Waals surface area contributed by atoms with Crippen LogP contribution < -0.4 is 5.32 Å². The Balaban J connectivity index is 1.28. The molecule has 150 valence electrons. The van der Waals surface area contributed by atoms with Crippen LogP contribution in [0.2, 0.25) is 0 Å². The zero-order chi connectivity index (χ0) is 20.5. The van der Waals surface area contributed by atoms with E-state index in [2.05, 4.69) is 25.4 Å². The Morgan fingerprint density at radius 3 is 2.73 bits per heavy atom. The lowest BCUT2D eigenvalue weighted by molar-refractivity contribution is 0.0935. The molecule has 1 amide bonds. The summed E-state index contributed by atoms with van der Waals surface area (Å²) in [5, 5.41) is 6.99. The molecule has 3 heterocycles. The van der Waals surface area contributed by atoms with Crippen molar-refractivity contribution in [2.45, 2.75) is 31.7 Å². The molecule has 0 bridgehead atoms. The second kappa shape index (κ2) is 7.55. The Morgan fingerprint density at radius 2 is 2.00 bits per heavy atom. The van der Waals surface area contributed by atoms with Crippen LogP contribution in [0.25, 0.3) is 17.3 Å². The molecule has 8 nitrogen and oxygen atoms in total. The van der Waals surface area contributed by atoms with E-state index in [-0.39, 0.29) is 11.9 Å². The van der Waals surface area contributed by atoms with Gasteiger partial charge in [0.1, 0.15) is 17.8 Å². The first-order chi connectivity index (χ1) is 14.7. The van der Waals surface area contributed by atoms with Gasteiger partial charge in [-0.3, -0.25) is 9.36 Å². The van der Waals surface area contributed by atoms with Gasteiger partial charge in [0.25, 0.3) is 11.8 Å². The highest BCUT2D eigenvalue weighted by Crippen LogP contribution is 2.38. The second-order valence-electron chi connectivity index (χ2n) is 7.41. The van der Waals surface area contributed by atoms with Crippen LogP contribution in [0.1, 0.15) is 53.6 Å². The number of rotatable bonds is 6. The summed E-state index contributed by atoms with van der Waals surface area (Å²) in [5.74, 6) is 2.08. The van der Waals surface area contributed by atoms with Gasteiger partial charge in [-0.15, -0.1) is 0 Å². The summed E-state index contributed by atoms with van der Waals surface area (Å²) in [7, 11) is 0. The number of nitrogens with zero attached hydrogens (tertiary/aromatic N) is 5. The van der Waals surface area contributed by atoms with Gasteiger partial charge in [0.2, 0.25) is 0 Å². The Labute approximate surface area is 173 Å². The topological polar surface area (TPSA) is 98.7 Å². The van der Waals surface area contributed by atoms with E-state index < -0.39 is 0 Å². The first-order valence-corrected chi connectivity index (χ1v) is 9.87. The summed E-state index contributed by atoms with van der Waals surface area (Å²) in [5.41, 5.74) is 2.12. The van der Waals surface area contributed by atoms with Crippen LogP contribution in [0.5, 0.6) is 0 Å². The fraction of sp³-hybridized carbons (Fsp3) is 0.227. The van der Waals surface area contributed by atoms with Crippen molar-refractivity contribution in [1.82, 2.24) is 30.0 Å². The fourth-order valence-electron chi connectivity index (χ4n) is 3.19. The number of carbonyl (C=O) groups excluding carboxylic acids is 1. The van der Waals surface area contributed by atoms with Gasteiger partial charge in [0, 0.05) is 18.3 Å². The van der Waals surface area contributed by atoms with Crippen molar-refractivity contribution in [2.24, 2.45) is 0 Å². The van der Waals surface area contributed by atoms with Gasteiger partial charge in [0.15, 0.2) is 5.82 Å². The van der Waals surface area contributed by atoms with Gasteiger partial charge in [0.05, 0.1) is 11.6 Å². The quantitative estimate of drug-likeness (QED) is 0.530. The maximum Gasteiger partial charge on any atom is 0.271 e. The van der Waals surface area contributed by atoms with Crippen molar-refractivity contribution in [3.63, 3.8) is 0 Å². The Kier molecular flexibility index (Phi) is 4.59. The van der Waals surface area contributed by atoms with E-state index in [0.29, 0.717) is 23.3 Å². The highest BCUT2D eigenvalue weighted by atomic mass is 16.5. The molecule has 1 aliphatic rings. The molecule has 8 heteroatoms. The molecule has 1 N–H and O–H groups in total. The average Bonchev–Trinajstić information content (AvgIpc) is 3.31. The number of imidazole rings is 1. The molecule has 0 aliphatic heterocycles.